The van der Waals surface area contributed by atoms with E-state index in [-0.39, 0.29) is 11.4 Å². The Labute approximate surface area is 262 Å². The van der Waals surface area contributed by atoms with Gasteiger partial charge < -0.3 is 14.5 Å². The Morgan fingerprint density at radius 2 is 1.53 bits per heavy atom. The van der Waals surface area contributed by atoms with E-state index in [2.05, 4.69) is 96.0 Å². The molecule has 2 aliphatic rings. The predicted octanol–water partition coefficient (Wildman–Crippen LogP) is 7.61. The maximum Gasteiger partial charge on any atom is 0.326 e. The van der Waals surface area contributed by atoms with Crippen LogP contribution in [0.4, 0.5) is 4.79 Å². The number of carbonyl (C=O) groups is 1. The number of aryl methyl sites for hydroxylation is 1. The van der Waals surface area contributed by atoms with Gasteiger partial charge in [-0.25, -0.2) is 4.79 Å². The molecule has 1 saturated heterocycles. The number of ether oxygens (including phenoxy) is 1. The molecule has 0 aliphatic carbocycles. The zero-order chi connectivity index (χ0) is 31.2. The zero-order valence-corrected chi connectivity index (χ0v) is 27.6. The number of carbonyl (C=O) groups excluding carboxylic acids is 1. The minimum absolute atomic E-state index is 0.0533. The second kappa shape index (κ2) is 11.6. The van der Waals surface area contributed by atoms with Crippen molar-refractivity contribution in [1.82, 2.24) is 14.7 Å². The number of benzene rings is 3. The highest BCUT2D eigenvalue weighted by Gasteiger charge is 2.60. The summed E-state index contributed by atoms with van der Waals surface area (Å²) < 4.78 is 6.30. The monoisotopic (exact) mass is 600 g/mol. The van der Waals surface area contributed by atoms with Crippen molar-refractivity contribution in [2.45, 2.75) is 65.0 Å². The molecule has 6 nitrogen and oxygen atoms in total. The zero-order valence-electron chi connectivity index (χ0n) is 26.9. The van der Waals surface area contributed by atoms with Gasteiger partial charge in [0.05, 0.1) is 12.2 Å². The number of piperazine rings is 1. The topological polar surface area (TPSA) is 48.4 Å². The summed E-state index contributed by atoms with van der Waals surface area (Å²) in [7, 11) is 2.10. The summed E-state index contributed by atoms with van der Waals surface area (Å²) in [5.41, 5.74) is 3.38. The molecule has 2 heterocycles. The number of amidine groups is 1. The van der Waals surface area contributed by atoms with E-state index in [0.29, 0.717) is 30.6 Å². The first-order chi connectivity index (χ1) is 20.3. The van der Waals surface area contributed by atoms with Gasteiger partial charge >= 0.3 is 6.03 Å². The van der Waals surface area contributed by atoms with E-state index in [1.54, 1.807) is 0 Å². The lowest BCUT2D eigenvalue weighted by molar-refractivity contribution is 0.0917. The maximum atomic E-state index is 14.9. The molecular formula is C36H45ClN4O2. The first-order valence-corrected chi connectivity index (χ1v) is 15.7. The van der Waals surface area contributed by atoms with Crippen LogP contribution in [0.25, 0.3) is 0 Å². The standard InChI is InChI=1S/C36H45ClN4O2/c1-9-43-31-24-28(34(3,4)5)16-19-30(31)32-38-35(6,26-12-10-25(2)11-13-26)36(7,27-14-17-29(37)18-15-27)41(32)33(42)40-22-20-39(8)21-23-40/h10-19,24H,9,20-23H2,1-8H3/t35-,36+/m0/s1. The molecule has 0 spiro atoms. The van der Waals surface area contributed by atoms with E-state index in [9.17, 15) is 4.79 Å². The third-order valence-corrected chi connectivity index (χ3v) is 9.56. The van der Waals surface area contributed by atoms with Crippen LogP contribution in [0.15, 0.2) is 71.7 Å². The van der Waals surface area contributed by atoms with Gasteiger partial charge in [-0.2, -0.15) is 0 Å². The van der Waals surface area contributed by atoms with Crippen molar-refractivity contribution in [3.8, 4) is 5.75 Å². The van der Waals surface area contributed by atoms with Crippen LogP contribution in [0.1, 0.15) is 69.4 Å². The van der Waals surface area contributed by atoms with E-state index < -0.39 is 11.1 Å². The van der Waals surface area contributed by atoms with Gasteiger partial charge in [0.25, 0.3) is 0 Å². The first kappa shape index (κ1) is 31.1. The fourth-order valence-corrected chi connectivity index (χ4v) is 6.38. The van der Waals surface area contributed by atoms with Crippen LogP contribution < -0.4 is 4.74 Å². The van der Waals surface area contributed by atoms with Gasteiger partial charge in [0, 0.05) is 31.2 Å². The van der Waals surface area contributed by atoms with Gasteiger partial charge in [-0.1, -0.05) is 80.4 Å². The molecule has 1 fully saturated rings. The predicted molar refractivity (Wildman–Crippen MR) is 176 cm³/mol. The molecule has 0 saturated carbocycles. The normalized spacial score (nSPS) is 23.0. The Balaban J connectivity index is 1.79. The largest absolute Gasteiger partial charge is 0.493 e. The minimum atomic E-state index is -0.880. The Kier molecular flexibility index (Phi) is 8.40. The fourth-order valence-electron chi connectivity index (χ4n) is 6.26. The summed E-state index contributed by atoms with van der Waals surface area (Å²) in [5, 5.41) is 0.650. The number of rotatable bonds is 5. The third-order valence-electron chi connectivity index (χ3n) is 9.31. The Hall–Kier alpha value is -3.35. The number of nitrogens with zero attached hydrogens (tertiary/aromatic N) is 4. The van der Waals surface area contributed by atoms with E-state index in [1.165, 1.54) is 5.56 Å². The number of hydrogen-bond donors (Lipinski definition) is 0. The second-order valence-corrected chi connectivity index (χ2v) is 13.7. The molecule has 2 aliphatic heterocycles. The molecule has 0 aromatic heterocycles. The molecule has 0 radical (unpaired) electrons. The van der Waals surface area contributed by atoms with Crippen molar-refractivity contribution in [2.75, 3.05) is 39.8 Å². The summed E-state index contributed by atoms with van der Waals surface area (Å²) in [6.45, 7) is 18.4. The molecule has 228 valence electrons. The van der Waals surface area contributed by atoms with Gasteiger partial charge in [0.15, 0.2) is 0 Å². The average Bonchev–Trinajstić information content (AvgIpc) is 3.21. The lowest BCUT2D eigenvalue weighted by atomic mass is 9.70. The lowest BCUT2D eigenvalue weighted by Gasteiger charge is -2.47. The number of urea groups is 1. The molecule has 43 heavy (non-hydrogen) atoms. The maximum absolute atomic E-state index is 14.9. The molecule has 2 atom stereocenters. The number of hydrogen-bond acceptors (Lipinski definition) is 4. The molecule has 0 unspecified atom stereocenters. The van der Waals surface area contributed by atoms with Crippen molar-refractivity contribution < 1.29 is 9.53 Å². The highest BCUT2D eigenvalue weighted by Crippen LogP contribution is 2.54. The molecule has 7 heteroatoms. The quantitative estimate of drug-likeness (QED) is 0.303. The van der Waals surface area contributed by atoms with Crippen LogP contribution in [0.2, 0.25) is 5.02 Å². The van der Waals surface area contributed by atoms with E-state index >= 15 is 0 Å². The highest BCUT2D eigenvalue weighted by atomic mass is 35.5. The van der Waals surface area contributed by atoms with Gasteiger partial charge in [-0.3, -0.25) is 9.89 Å². The molecule has 2 amide bonds. The SMILES string of the molecule is CCOc1cc(C(C)(C)C)ccc1C1=N[C@@](C)(c2ccc(C)cc2)[C@@](C)(c2ccc(Cl)cc2)N1C(=O)N1CCN(C)CC1. The third kappa shape index (κ3) is 5.56. The van der Waals surface area contributed by atoms with Gasteiger partial charge in [0.1, 0.15) is 22.7 Å². The number of aliphatic imine (C=N–C) groups is 1. The molecular weight excluding hydrogens is 556 g/mol. The van der Waals surface area contributed by atoms with Crippen LogP contribution in [0, 0.1) is 6.92 Å². The van der Waals surface area contributed by atoms with Crippen LogP contribution in [0.3, 0.4) is 0 Å². The van der Waals surface area contributed by atoms with Crippen molar-refractivity contribution in [1.29, 1.82) is 0 Å². The second-order valence-electron chi connectivity index (χ2n) is 13.3. The van der Waals surface area contributed by atoms with Crippen LogP contribution in [0.5, 0.6) is 5.75 Å². The summed E-state index contributed by atoms with van der Waals surface area (Å²) in [4.78, 5) is 26.6. The van der Waals surface area contributed by atoms with Gasteiger partial charge in [-0.15, -0.1) is 0 Å². The molecule has 3 aromatic carbocycles. The average molecular weight is 601 g/mol. The number of amides is 2. The Morgan fingerprint density at radius 1 is 0.930 bits per heavy atom. The smallest absolute Gasteiger partial charge is 0.326 e. The van der Waals surface area contributed by atoms with Crippen LogP contribution in [-0.2, 0) is 16.5 Å². The van der Waals surface area contributed by atoms with Crippen LogP contribution in [-0.4, -0.2) is 66.4 Å². The van der Waals surface area contributed by atoms with Crippen LogP contribution >= 0.6 is 11.6 Å². The molecule has 3 aromatic rings. The Bertz CT molecular complexity index is 1500. The number of likely N-dealkylation sites (N-methyl/N-ethyl adjacent to an activating group) is 1. The number of halogens is 1. The fraction of sp³-hybridized carbons (Fsp3) is 0.444. The van der Waals surface area contributed by atoms with E-state index in [4.69, 9.17) is 21.3 Å². The molecule has 5 rings (SSSR count). The van der Waals surface area contributed by atoms with Gasteiger partial charge in [-0.05, 0) is 81.1 Å². The van der Waals surface area contributed by atoms with Crippen molar-refractivity contribution >= 4 is 23.5 Å². The first-order valence-electron chi connectivity index (χ1n) is 15.3. The van der Waals surface area contributed by atoms with Crippen molar-refractivity contribution in [3.63, 3.8) is 0 Å². The molecule has 0 bridgehead atoms. The van der Waals surface area contributed by atoms with Gasteiger partial charge in [0.2, 0.25) is 0 Å². The highest BCUT2D eigenvalue weighted by molar-refractivity contribution is 6.30. The van der Waals surface area contributed by atoms with E-state index in [1.807, 2.05) is 41.0 Å². The lowest BCUT2D eigenvalue weighted by Crippen LogP contribution is -2.60. The Morgan fingerprint density at radius 3 is 2.12 bits per heavy atom. The van der Waals surface area contributed by atoms with Crippen molar-refractivity contribution in [3.05, 3.63) is 99.6 Å². The molecule has 0 N–H and O–H groups in total. The van der Waals surface area contributed by atoms with Crippen molar-refractivity contribution in [2.24, 2.45) is 4.99 Å². The van der Waals surface area contributed by atoms with E-state index in [0.717, 1.165) is 41.1 Å². The minimum Gasteiger partial charge on any atom is -0.493 e. The summed E-state index contributed by atoms with van der Waals surface area (Å²) in [6, 6.07) is 22.7. The summed E-state index contributed by atoms with van der Waals surface area (Å²) in [5.74, 6) is 1.35. The summed E-state index contributed by atoms with van der Waals surface area (Å²) >= 11 is 6.40. The summed E-state index contributed by atoms with van der Waals surface area (Å²) in [6.07, 6.45) is 0.